The van der Waals surface area contributed by atoms with Crippen LogP contribution in [0.3, 0.4) is 0 Å². The summed E-state index contributed by atoms with van der Waals surface area (Å²) in [5, 5.41) is 3.38. The Kier molecular flexibility index (Phi) is 4.36. The Morgan fingerprint density at radius 2 is 1.62 bits per heavy atom. The van der Waals surface area contributed by atoms with E-state index in [0.717, 1.165) is 5.56 Å². The second-order valence-corrected chi connectivity index (χ2v) is 5.59. The second kappa shape index (κ2) is 6.45. The van der Waals surface area contributed by atoms with Crippen molar-refractivity contribution < 1.29 is 19.0 Å². The standard InChI is InChI=1S/C18H16ClNO4/c1-22-15-9-17(24-3)16(23-2)7-10(15)6-13-12-5-4-11(19)8-14(12)20-18(13)21/h4-9H,1-3H3,(H,20,21)/b13-6+. The number of fused-ring (bicyclic) bond motifs is 1. The largest absolute Gasteiger partial charge is 0.496 e. The highest BCUT2D eigenvalue weighted by molar-refractivity contribution is 6.36. The van der Waals surface area contributed by atoms with Gasteiger partial charge in [-0.15, -0.1) is 0 Å². The van der Waals surface area contributed by atoms with Gasteiger partial charge in [0.2, 0.25) is 0 Å². The summed E-state index contributed by atoms with van der Waals surface area (Å²) in [5.41, 5.74) is 2.73. The topological polar surface area (TPSA) is 56.8 Å². The maximum atomic E-state index is 12.3. The fraction of sp³-hybridized carbons (Fsp3) is 0.167. The van der Waals surface area contributed by atoms with E-state index in [4.69, 9.17) is 25.8 Å². The molecule has 0 spiro atoms. The summed E-state index contributed by atoms with van der Waals surface area (Å²) < 4.78 is 16.0. The molecule has 6 heteroatoms. The van der Waals surface area contributed by atoms with Gasteiger partial charge in [0.05, 0.1) is 27.0 Å². The number of hydrogen-bond acceptors (Lipinski definition) is 4. The average Bonchev–Trinajstić information content (AvgIpc) is 2.89. The number of benzene rings is 2. The number of halogens is 1. The van der Waals surface area contributed by atoms with Crippen LogP contribution >= 0.6 is 11.6 Å². The van der Waals surface area contributed by atoms with Crippen LogP contribution in [0.25, 0.3) is 11.6 Å². The van der Waals surface area contributed by atoms with Gasteiger partial charge in [-0.2, -0.15) is 0 Å². The van der Waals surface area contributed by atoms with Crippen LogP contribution in [0.5, 0.6) is 17.2 Å². The third-order valence-corrected chi connectivity index (χ3v) is 4.04. The van der Waals surface area contributed by atoms with Crippen molar-refractivity contribution in [2.75, 3.05) is 26.6 Å². The van der Waals surface area contributed by atoms with Gasteiger partial charge in [0.15, 0.2) is 11.5 Å². The van der Waals surface area contributed by atoms with E-state index in [9.17, 15) is 4.79 Å². The fourth-order valence-corrected chi connectivity index (χ4v) is 2.80. The first-order chi connectivity index (χ1) is 11.6. The lowest BCUT2D eigenvalue weighted by atomic mass is 10.0. The van der Waals surface area contributed by atoms with Crippen LogP contribution in [-0.4, -0.2) is 27.2 Å². The van der Waals surface area contributed by atoms with Crippen LogP contribution in [0.15, 0.2) is 30.3 Å². The van der Waals surface area contributed by atoms with Crippen molar-refractivity contribution in [3.05, 3.63) is 46.5 Å². The first kappa shape index (κ1) is 16.2. The Labute approximate surface area is 144 Å². The molecule has 0 radical (unpaired) electrons. The van der Waals surface area contributed by atoms with Crippen LogP contribution in [0.4, 0.5) is 5.69 Å². The zero-order valence-corrected chi connectivity index (χ0v) is 14.2. The third-order valence-electron chi connectivity index (χ3n) is 3.80. The van der Waals surface area contributed by atoms with Crippen LogP contribution in [-0.2, 0) is 4.79 Å². The molecule has 1 amide bonds. The maximum Gasteiger partial charge on any atom is 0.256 e. The summed E-state index contributed by atoms with van der Waals surface area (Å²) in [6.07, 6.45) is 1.76. The van der Waals surface area contributed by atoms with Gasteiger partial charge >= 0.3 is 0 Å². The lowest BCUT2D eigenvalue weighted by Crippen LogP contribution is -2.03. The van der Waals surface area contributed by atoms with Gasteiger partial charge < -0.3 is 19.5 Å². The predicted molar refractivity (Wildman–Crippen MR) is 94.1 cm³/mol. The van der Waals surface area contributed by atoms with Gasteiger partial charge in [0.25, 0.3) is 5.91 Å². The van der Waals surface area contributed by atoms with Gasteiger partial charge in [0, 0.05) is 27.8 Å². The summed E-state index contributed by atoms with van der Waals surface area (Å²) in [6, 6.07) is 8.78. The molecule has 5 nitrogen and oxygen atoms in total. The molecule has 2 aromatic carbocycles. The highest BCUT2D eigenvalue weighted by Gasteiger charge is 2.25. The van der Waals surface area contributed by atoms with E-state index in [2.05, 4.69) is 5.32 Å². The highest BCUT2D eigenvalue weighted by Crippen LogP contribution is 2.39. The molecule has 0 saturated carbocycles. The molecule has 0 unspecified atom stereocenters. The first-order valence-corrected chi connectivity index (χ1v) is 7.58. The maximum absolute atomic E-state index is 12.3. The van der Waals surface area contributed by atoms with Crippen molar-refractivity contribution in [3.63, 3.8) is 0 Å². The van der Waals surface area contributed by atoms with Gasteiger partial charge in [0.1, 0.15) is 5.75 Å². The van der Waals surface area contributed by atoms with Crippen molar-refractivity contribution >= 4 is 34.8 Å². The molecule has 1 heterocycles. The molecule has 24 heavy (non-hydrogen) atoms. The minimum absolute atomic E-state index is 0.191. The van der Waals surface area contributed by atoms with Crippen LogP contribution in [0.2, 0.25) is 5.02 Å². The SMILES string of the molecule is COc1cc(OC)c(OC)cc1/C=C1/C(=O)Nc2cc(Cl)ccc21. The van der Waals surface area contributed by atoms with Crippen molar-refractivity contribution in [2.45, 2.75) is 0 Å². The molecular formula is C18H16ClNO4. The van der Waals surface area contributed by atoms with E-state index >= 15 is 0 Å². The summed E-state index contributed by atoms with van der Waals surface area (Å²) in [5.74, 6) is 1.50. The molecule has 124 valence electrons. The molecule has 0 aromatic heterocycles. The Hall–Kier alpha value is -2.66. The summed E-state index contributed by atoms with van der Waals surface area (Å²) in [4.78, 5) is 12.3. The van der Waals surface area contributed by atoms with E-state index in [-0.39, 0.29) is 5.91 Å². The van der Waals surface area contributed by atoms with E-state index in [1.807, 2.05) is 6.07 Å². The zero-order chi connectivity index (χ0) is 17.3. The van der Waals surface area contributed by atoms with Gasteiger partial charge in [-0.3, -0.25) is 4.79 Å². The molecule has 1 aliphatic heterocycles. The Balaban J connectivity index is 2.14. The van der Waals surface area contributed by atoms with E-state index in [1.54, 1.807) is 51.7 Å². The Bertz CT molecular complexity index is 845. The number of anilines is 1. The summed E-state index contributed by atoms with van der Waals surface area (Å²) in [6.45, 7) is 0. The molecule has 0 aliphatic carbocycles. The van der Waals surface area contributed by atoms with Crippen molar-refractivity contribution in [3.8, 4) is 17.2 Å². The normalized spacial score (nSPS) is 14.3. The lowest BCUT2D eigenvalue weighted by molar-refractivity contribution is -0.110. The van der Waals surface area contributed by atoms with E-state index in [0.29, 0.717) is 39.1 Å². The van der Waals surface area contributed by atoms with Gasteiger partial charge in [-0.25, -0.2) is 0 Å². The molecule has 0 atom stereocenters. The van der Waals surface area contributed by atoms with Gasteiger partial charge in [-0.05, 0) is 24.3 Å². The molecule has 0 saturated heterocycles. The third kappa shape index (κ3) is 2.78. The summed E-state index contributed by atoms with van der Waals surface area (Å²) in [7, 11) is 4.67. The Morgan fingerprint density at radius 3 is 2.29 bits per heavy atom. The minimum Gasteiger partial charge on any atom is -0.496 e. The van der Waals surface area contributed by atoms with E-state index in [1.165, 1.54) is 0 Å². The van der Waals surface area contributed by atoms with Crippen molar-refractivity contribution in [2.24, 2.45) is 0 Å². The number of rotatable bonds is 4. The molecule has 0 fully saturated rings. The van der Waals surface area contributed by atoms with Crippen molar-refractivity contribution in [1.82, 2.24) is 0 Å². The quantitative estimate of drug-likeness (QED) is 0.855. The van der Waals surface area contributed by atoms with Crippen LogP contribution in [0, 0.1) is 0 Å². The number of carbonyl (C=O) groups is 1. The van der Waals surface area contributed by atoms with E-state index < -0.39 is 0 Å². The monoisotopic (exact) mass is 345 g/mol. The molecule has 3 rings (SSSR count). The number of hydrogen-bond donors (Lipinski definition) is 1. The highest BCUT2D eigenvalue weighted by atomic mass is 35.5. The molecule has 1 N–H and O–H groups in total. The van der Waals surface area contributed by atoms with Crippen LogP contribution < -0.4 is 19.5 Å². The number of methoxy groups -OCH3 is 3. The average molecular weight is 346 g/mol. The van der Waals surface area contributed by atoms with Crippen molar-refractivity contribution in [1.29, 1.82) is 0 Å². The first-order valence-electron chi connectivity index (χ1n) is 7.20. The molecule has 1 aliphatic rings. The number of carbonyl (C=O) groups excluding carboxylic acids is 1. The van der Waals surface area contributed by atoms with Gasteiger partial charge in [-0.1, -0.05) is 17.7 Å². The Morgan fingerprint density at radius 1 is 0.958 bits per heavy atom. The number of ether oxygens (including phenoxy) is 3. The molecule has 2 aromatic rings. The zero-order valence-electron chi connectivity index (χ0n) is 13.5. The van der Waals surface area contributed by atoms with Crippen LogP contribution in [0.1, 0.15) is 11.1 Å². The second-order valence-electron chi connectivity index (χ2n) is 5.15. The molecular weight excluding hydrogens is 330 g/mol. The summed E-state index contributed by atoms with van der Waals surface area (Å²) >= 11 is 5.98. The predicted octanol–water partition coefficient (Wildman–Crippen LogP) is 3.86. The minimum atomic E-state index is -0.191. The fourth-order valence-electron chi connectivity index (χ4n) is 2.63. The number of nitrogens with one attached hydrogen (secondary N) is 1. The lowest BCUT2D eigenvalue weighted by Gasteiger charge is -2.12. The molecule has 0 bridgehead atoms. The smallest absolute Gasteiger partial charge is 0.256 e. The number of amides is 1.